The number of hydrogen-bond acceptors (Lipinski definition) is 6. The number of fused-ring (bicyclic) bond motifs is 3. The van der Waals surface area contributed by atoms with Crippen LogP contribution in [0.2, 0.25) is 0 Å². The zero-order chi connectivity index (χ0) is 21.9. The van der Waals surface area contributed by atoms with Crippen LogP contribution in [-0.4, -0.2) is 44.1 Å². The Kier molecular flexibility index (Phi) is 4.68. The SMILES string of the molecule is Cc1nc2cc(-c3ccc(N(C)[C@@H]4C[C@H]5CC[C@H](C5)[C@@H]4F)nn3)c(O)cc2c(=O)n1C. The summed E-state index contributed by atoms with van der Waals surface area (Å²) in [5, 5.41) is 19.5. The summed E-state index contributed by atoms with van der Waals surface area (Å²) >= 11 is 0. The Labute approximate surface area is 179 Å². The lowest BCUT2D eigenvalue weighted by Gasteiger charge is -2.38. The molecule has 2 aromatic heterocycles. The smallest absolute Gasteiger partial charge is 0.261 e. The van der Waals surface area contributed by atoms with Gasteiger partial charge in [-0.2, -0.15) is 0 Å². The fourth-order valence-corrected chi connectivity index (χ4v) is 5.22. The van der Waals surface area contributed by atoms with Crippen LogP contribution >= 0.6 is 0 Å². The lowest BCUT2D eigenvalue weighted by molar-refractivity contribution is 0.144. The summed E-state index contributed by atoms with van der Waals surface area (Å²) in [6.45, 7) is 1.76. The molecule has 4 atom stereocenters. The molecule has 0 radical (unpaired) electrons. The van der Waals surface area contributed by atoms with Crippen molar-refractivity contribution in [3.63, 3.8) is 0 Å². The van der Waals surface area contributed by atoms with E-state index < -0.39 is 6.17 Å². The second-order valence-electron chi connectivity index (χ2n) is 8.98. The van der Waals surface area contributed by atoms with E-state index in [0.29, 0.717) is 39.7 Å². The predicted molar refractivity (Wildman–Crippen MR) is 117 cm³/mol. The summed E-state index contributed by atoms with van der Waals surface area (Å²) in [7, 11) is 3.52. The van der Waals surface area contributed by atoms with Gasteiger partial charge in [0.25, 0.3) is 5.56 Å². The monoisotopic (exact) mass is 423 g/mol. The van der Waals surface area contributed by atoms with E-state index in [0.717, 1.165) is 25.7 Å². The summed E-state index contributed by atoms with van der Waals surface area (Å²) in [4.78, 5) is 18.8. The zero-order valence-corrected chi connectivity index (χ0v) is 17.9. The topological polar surface area (TPSA) is 84.1 Å². The number of alkyl halides is 1. The molecule has 2 heterocycles. The average molecular weight is 423 g/mol. The number of phenols is 1. The summed E-state index contributed by atoms with van der Waals surface area (Å²) in [5.41, 5.74) is 1.20. The van der Waals surface area contributed by atoms with Gasteiger partial charge in [-0.3, -0.25) is 9.36 Å². The van der Waals surface area contributed by atoms with Crippen molar-refractivity contribution in [3.8, 4) is 17.0 Å². The number of hydrogen-bond donors (Lipinski definition) is 1. The van der Waals surface area contributed by atoms with Crippen molar-refractivity contribution in [1.29, 1.82) is 0 Å². The van der Waals surface area contributed by atoms with Crippen LogP contribution in [0, 0.1) is 18.8 Å². The summed E-state index contributed by atoms with van der Waals surface area (Å²) in [5.74, 6) is 1.91. The van der Waals surface area contributed by atoms with Crippen LogP contribution in [-0.2, 0) is 7.05 Å². The zero-order valence-electron chi connectivity index (χ0n) is 17.9. The number of aryl methyl sites for hydroxylation is 1. The van der Waals surface area contributed by atoms with Gasteiger partial charge in [-0.15, -0.1) is 10.2 Å². The van der Waals surface area contributed by atoms with Crippen molar-refractivity contribution in [1.82, 2.24) is 19.7 Å². The summed E-state index contributed by atoms with van der Waals surface area (Å²) < 4.78 is 16.4. The number of nitrogens with zero attached hydrogens (tertiary/aromatic N) is 5. The molecule has 2 aliphatic carbocycles. The van der Waals surface area contributed by atoms with Gasteiger partial charge in [-0.05, 0) is 68.7 Å². The second kappa shape index (κ2) is 7.28. The largest absolute Gasteiger partial charge is 0.507 e. The molecule has 0 aliphatic heterocycles. The van der Waals surface area contributed by atoms with Gasteiger partial charge in [-0.25, -0.2) is 9.37 Å². The quantitative estimate of drug-likeness (QED) is 0.695. The van der Waals surface area contributed by atoms with Crippen molar-refractivity contribution >= 4 is 16.7 Å². The number of benzene rings is 1. The molecule has 0 spiro atoms. The van der Waals surface area contributed by atoms with Crippen molar-refractivity contribution in [2.75, 3.05) is 11.9 Å². The number of rotatable bonds is 3. The summed E-state index contributed by atoms with van der Waals surface area (Å²) in [6, 6.07) is 6.47. The van der Waals surface area contributed by atoms with Crippen LogP contribution in [0.1, 0.15) is 31.5 Å². The van der Waals surface area contributed by atoms with Crippen molar-refractivity contribution in [2.45, 2.75) is 44.8 Å². The maximum Gasteiger partial charge on any atom is 0.261 e. The molecule has 5 rings (SSSR count). The third kappa shape index (κ3) is 3.25. The van der Waals surface area contributed by atoms with E-state index in [9.17, 15) is 14.3 Å². The maximum absolute atomic E-state index is 15.0. The molecule has 2 aliphatic rings. The molecule has 31 heavy (non-hydrogen) atoms. The minimum absolute atomic E-state index is 0.0571. The number of aromatic hydroxyl groups is 1. The molecule has 162 valence electrons. The lowest BCUT2D eigenvalue weighted by atomic mass is 9.83. The third-order valence-corrected chi connectivity index (χ3v) is 7.18. The van der Waals surface area contributed by atoms with Gasteiger partial charge >= 0.3 is 0 Å². The molecule has 8 heteroatoms. The van der Waals surface area contributed by atoms with Crippen molar-refractivity contribution in [3.05, 3.63) is 40.4 Å². The van der Waals surface area contributed by atoms with Gasteiger partial charge in [0.05, 0.1) is 22.6 Å². The van der Waals surface area contributed by atoms with E-state index in [4.69, 9.17) is 0 Å². The number of halogens is 1. The van der Waals surface area contributed by atoms with E-state index in [1.807, 2.05) is 11.9 Å². The Morgan fingerprint density at radius 1 is 1.19 bits per heavy atom. The molecule has 2 fully saturated rings. The highest BCUT2D eigenvalue weighted by atomic mass is 19.1. The minimum Gasteiger partial charge on any atom is -0.507 e. The molecule has 3 aromatic rings. The van der Waals surface area contributed by atoms with Crippen LogP contribution in [0.3, 0.4) is 0 Å². The van der Waals surface area contributed by atoms with E-state index >= 15 is 0 Å². The number of aromatic nitrogens is 4. The van der Waals surface area contributed by atoms with Crippen molar-refractivity contribution < 1.29 is 9.50 Å². The van der Waals surface area contributed by atoms with E-state index in [1.54, 1.807) is 32.2 Å². The van der Waals surface area contributed by atoms with E-state index in [-0.39, 0.29) is 23.3 Å². The number of phenolic OH excluding ortho intramolecular Hbond substituents is 1. The minimum atomic E-state index is -0.841. The molecule has 2 saturated carbocycles. The van der Waals surface area contributed by atoms with Gasteiger partial charge in [-0.1, -0.05) is 0 Å². The molecular weight excluding hydrogens is 397 g/mol. The maximum atomic E-state index is 15.0. The third-order valence-electron chi connectivity index (χ3n) is 7.18. The Morgan fingerprint density at radius 2 is 2.00 bits per heavy atom. The fraction of sp³-hybridized carbons (Fsp3) is 0.478. The first-order valence-electron chi connectivity index (χ1n) is 10.7. The molecular formula is C23H26FN5O2. The van der Waals surface area contributed by atoms with Crippen molar-refractivity contribution in [2.24, 2.45) is 18.9 Å². The molecule has 0 amide bonds. The van der Waals surface area contributed by atoms with Gasteiger partial charge in [0, 0.05) is 19.7 Å². The highest BCUT2D eigenvalue weighted by molar-refractivity contribution is 5.86. The number of anilines is 1. The first-order valence-corrected chi connectivity index (χ1v) is 10.7. The Morgan fingerprint density at radius 3 is 2.74 bits per heavy atom. The van der Waals surface area contributed by atoms with Crippen LogP contribution in [0.15, 0.2) is 29.1 Å². The predicted octanol–water partition coefficient (Wildman–Crippen LogP) is 3.37. The Bertz CT molecular complexity index is 1210. The van der Waals surface area contributed by atoms with E-state index in [2.05, 4.69) is 15.2 Å². The fourth-order valence-electron chi connectivity index (χ4n) is 5.22. The van der Waals surface area contributed by atoms with Crippen LogP contribution in [0.4, 0.5) is 10.2 Å². The average Bonchev–Trinajstić information content (AvgIpc) is 3.18. The first kappa shape index (κ1) is 19.9. The van der Waals surface area contributed by atoms with Crippen LogP contribution in [0.25, 0.3) is 22.2 Å². The van der Waals surface area contributed by atoms with Crippen LogP contribution < -0.4 is 10.5 Å². The molecule has 2 bridgehead atoms. The lowest BCUT2D eigenvalue weighted by Crippen LogP contribution is -2.46. The van der Waals surface area contributed by atoms with Crippen LogP contribution in [0.5, 0.6) is 5.75 Å². The molecule has 1 aromatic carbocycles. The summed E-state index contributed by atoms with van der Waals surface area (Å²) in [6.07, 6.45) is 3.12. The highest BCUT2D eigenvalue weighted by Gasteiger charge is 2.44. The Balaban J connectivity index is 1.46. The van der Waals surface area contributed by atoms with Gasteiger partial charge < -0.3 is 10.0 Å². The second-order valence-corrected chi connectivity index (χ2v) is 8.98. The standard InChI is InChI=1S/C23H26FN5O2/c1-12-25-18-10-15(20(30)11-16(18)23(31)28(12)2)17-6-7-21(27-26-17)29(3)19-9-13-4-5-14(8-13)22(19)24/h6-7,10-11,13-14,19,22,30H,4-5,8-9H2,1-3H3/t13-,14+,19+,22-/m0/s1. The molecule has 0 unspecified atom stereocenters. The van der Waals surface area contributed by atoms with Gasteiger partial charge in [0.1, 0.15) is 17.7 Å². The first-order chi connectivity index (χ1) is 14.8. The molecule has 0 saturated heterocycles. The molecule has 1 N–H and O–H groups in total. The molecule has 7 nitrogen and oxygen atoms in total. The highest BCUT2D eigenvalue weighted by Crippen LogP contribution is 2.45. The van der Waals surface area contributed by atoms with Gasteiger partial charge in [0.15, 0.2) is 5.82 Å². The van der Waals surface area contributed by atoms with E-state index in [1.165, 1.54) is 10.6 Å². The van der Waals surface area contributed by atoms with Gasteiger partial charge in [0.2, 0.25) is 0 Å². The Hall–Kier alpha value is -3.03. The normalized spacial score (nSPS) is 25.2.